The van der Waals surface area contributed by atoms with Crippen molar-refractivity contribution in [3.63, 3.8) is 0 Å². The van der Waals surface area contributed by atoms with E-state index in [2.05, 4.69) is 6.92 Å². The zero-order valence-corrected chi connectivity index (χ0v) is 9.54. The fourth-order valence-electron chi connectivity index (χ4n) is 1.85. The lowest BCUT2D eigenvalue weighted by molar-refractivity contribution is 0.0561. The number of unbranched alkanes of at least 4 members (excludes halogenated alkanes) is 4. The maximum Gasteiger partial charge on any atom is 0.0745 e. The van der Waals surface area contributed by atoms with Gasteiger partial charge in [-0.25, -0.2) is 0 Å². The molecule has 1 N–H and O–H groups in total. The summed E-state index contributed by atoms with van der Waals surface area (Å²) < 4.78 is 0. The summed E-state index contributed by atoms with van der Waals surface area (Å²) in [6.45, 7) is 2.24. The molecule has 0 aliphatic carbocycles. The maximum atomic E-state index is 10.0. The number of thioether (sulfide) groups is 1. The van der Waals surface area contributed by atoms with Gasteiger partial charge in [-0.1, -0.05) is 39.0 Å². The highest BCUT2D eigenvalue weighted by atomic mass is 32.2. The van der Waals surface area contributed by atoms with E-state index in [9.17, 15) is 5.11 Å². The normalized spacial score (nSPS) is 28.2. The van der Waals surface area contributed by atoms with Gasteiger partial charge >= 0.3 is 0 Å². The van der Waals surface area contributed by atoms with Crippen LogP contribution >= 0.6 is 11.8 Å². The summed E-state index contributed by atoms with van der Waals surface area (Å²) in [5.41, 5.74) is -0.295. The van der Waals surface area contributed by atoms with Gasteiger partial charge in [0, 0.05) is 5.75 Å². The molecule has 0 aromatic heterocycles. The van der Waals surface area contributed by atoms with Crippen LogP contribution in [0.1, 0.15) is 51.9 Å². The van der Waals surface area contributed by atoms with Crippen molar-refractivity contribution < 1.29 is 5.11 Å². The van der Waals surface area contributed by atoms with E-state index in [-0.39, 0.29) is 5.60 Å². The molecule has 1 heterocycles. The van der Waals surface area contributed by atoms with Gasteiger partial charge in [0.05, 0.1) is 5.60 Å². The third-order valence-electron chi connectivity index (χ3n) is 2.83. The quantitative estimate of drug-likeness (QED) is 0.667. The van der Waals surface area contributed by atoms with Gasteiger partial charge in [-0.15, -0.1) is 0 Å². The van der Waals surface area contributed by atoms with Crippen molar-refractivity contribution in [1.82, 2.24) is 0 Å². The summed E-state index contributed by atoms with van der Waals surface area (Å²) in [6.07, 6.45) is 8.58. The fraction of sp³-hybridized carbons (Fsp3) is 1.00. The van der Waals surface area contributed by atoms with Gasteiger partial charge < -0.3 is 5.11 Å². The molecule has 0 saturated carbocycles. The monoisotopic (exact) mass is 202 g/mol. The Balaban J connectivity index is 1.98. The Hall–Kier alpha value is 0.310. The van der Waals surface area contributed by atoms with Crippen LogP contribution < -0.4 is 0 Å². The van der Waals surface area contributed by atoms with Crippen molar-refractivity contribution in [2.45, 2.75) is 57.5 Å². The topological polar surface area (TPSA) is 20.2 Å². The molecule has 1 atom stereocenters. The first-order chi connectivity index (χ1) is 6.27. The molecule has 1 fully saturated rings. The van der Waals surface area contributed by atoms with E-state index in [1.165, 1.54) is 32.1 Å². The second-order valence-corrected chi connectivity index (χ2v) is 5.30. The molecule has 1 aliphatic rings. The standard InChI is InChI=1S/C11H22OS/c1-2-3-4-5-6-7-11(12)8-9-13-10-11/h12H,2-10H2,1H3. The molecule has 78 valence electrons. The molecule has 0 aromatic rings. The van der Waals surface area contributed by atoms with Crippen LogP contribution in [0, 0.1) is 0 Å². The average Bonchev–Trinajstić information content (AvgIpc) is 2.53. The molecule has 13 heavy (non-hydrogen) atoms. The van der Waals surface area contributed by atoms with Crippen molar-refractivity contribution in [3.05, 3.63) is 0 Å². The van der Waals surface area contributed by atoms with Gasteiger partial charge in [0.15, 0.2) is 0 Å². The Kier molecular flexibility index (Phi) is 5.18. The third-order valence-corrected chi connectivity index (χ3v) is 4.06. The average molecular weight is 202 g/mol. The van der Waals surface area contributed by atoms with E-state index >= 15 is 0 Å². The number of hydrogen-bond donors (Lipinski definition) is 1. The third kappa shape index (κ3) is 4.37. The van der Waals surface area contributed by atoms with Crippen LogP contribution in [0.3, 0.4) is 0 Å². The summed E-state index contributed by atoms with van der Waals surface area (Å²) in [5, 5.41) is 10.0. The molecular formula is C11H22OS. The number of rotatable bonds is 6. The van der Waals surface area contributed by atoms with Crippen molar-refractivity contribution in [1.29, 1.82) is 0 Å². The van der Waals surface area contributed by atoms with Crippen LogP contribution in [0.25, 0.3) is 0 Å². The molecule has 1 aliphatic heterocycles. The van der Waals surface area contributed by atoms with E-state index in [0.717, 1.165) is 24.3 Å². The molecule has 1 saturated heterocycles. The van der Waals surface area contributed by atoms with Gasteiger partial charge in [-0.3, -0.25) is 0 Å². The molecule has 1 unspecified atom stereocenters. The molecule has 2 heteroatoms. The van der Waals surface area contributed by atoms with E-state index < -0.39 is 0 Å². The van der Waals surface area contributed by atoms with Crippen molar-refractivity contribution in [2.24, 2.45) is 0 Å². The predicted octanol–water partition coefficient (Wildman–Crippen LogP) is 3.21. The highest BCUT2D eigenvalue weighted by Crippen LogP contribution is 2.32. The predicted molar refractivity (Wildman–Crippen MR) is 60.3 cm³/mol. The molecule has 1 rings (SSSR count). The lowest BCUT2D eigenvalue weighted by Gasteiger charge is -2.20. The van der Waals surface area contributed by atoms with Crippen LogP contribution in [0.5, 0.6) is 0 Å². The first kappa shape index (κ1) is 11.4. The smallest absolute Gasteiger partial charge is 0.0745 e. The minimum atomic E-state index is -0.295. The number of aliphatic hydroxyl groups is 1. The Morgan fingerprint density at radius 3 is 2.62 bits per heavy atom. The first-order valence-electron chi connectivity index (χ1n) is 5.57. The summed E-state index contributed by atoms with van der Waals surface area (Å²) in [6, 6.07) is 0. The first-order valence-corrected chi connectivity index (χ1v) is 6.72. The molecular weight excluding hydrogens is 180 g/mol. The lowest BCUT2D eigenvalue weighted by atomic mass is 9.95. The fourth-order valence-corrected chi connectivity index (χ4v) is 3.19. The molecule has 0 spiro atoms. The van der Waals surface area contributed by atoms with E-state index in [1.54, 1.807) is 0 Å². The van der Waals surface area contributed by atoms with E-state index in [4.69, 9.17) is 0 Å². The minimum Gasteiger partial charge on any atom is -0.389 e. The molecule has 0 radical (unpaired) electrons. The second kappa shape index (κ2) is 5.92. The minimum absolute atomic E-state index is 0.295. The highest BCUT2D eigenvalue weighted by molar-refractivity contribution is 7.99. The van der Waals surface area contributed by atoms with Crippen LogP contribution in [0.15, 0.2) is 0 Å². The van der Waals surface area contributed by atoms with Crippen molar-refractivity contribution in [3.8, 4) is 0 Å². The van der Waals surface area contributed by atoms with E-state index in [1.807, 2.05) is 11.8 Å². The van der Waals surface area contributed by atoms with Crippen molar-refractivity contribution in [2.75, 3.05) is 11.5 Å². The molecule has 0 bridgehead atoms. The zero-order chi connectivity index (χ0) is 9.57. The SMILES string of the molecule is CCCCCCCC1(O)CCSC1. The van der Waals surface area contributed by atoms with Gasteiger partial charge in [-0.2, -0.15) is 11.8 Å². The van der Waals surface area contributed by atoms with Crippen LogP contribution in [0.2, 0.25) is 0 Å². The second-order valence-electron chi connectivity index (χ2n) is 4.19. The summed E-state index contributed by atoms with van der Waals surface area (Å²) in [7, 11) is 0. The molecule has 1 nitrogen and oxygen atoms in total. The largest absolute Gasteiger partial charge is 0.389 e. The van der Waals surface area contributed by atoms with Gasteiger partial charge in [0.1, 0.15) is 0 Å². The lowest BCUT2D eigenvalue weighted by Crippen LogP contribution is -2.27. The number of hydrogen-bond acceptors (Lipinski definition) is 2. The van der Waals surface area contributed by atoms with E-state index in [0.29, 0.717) is 0 Å². The zero-order valence-electron chi connectivity index (χ0n) is 8.72. The van der Waals surface area contributed by atoms with Gasteiger partial charge in [0.2, 0.25) is 0 Å². The Morgan fingerprint density at radius 2 is 2.00 bits per heavy atom. The van der Waals surface area contributed by atoms with Crippen LogP contribution in [-0.2, 0) is 0 Å². The Morgan fingerprint density at radius 1 is 1.23 bits per heavy atom. The van der Waals surface area contributed by atoms with Crippen molar-refractivity contribution >= 4 is 11.8 Å². The maximum absolute atomic E-state index is 10.0. The van der Waals surface area contributed by atoms with Gasteiger partial charge in [0.25, 0.3) is 0 Å². The Labute approximate surface area is 86.3 Å². The summed E-state index contributed by atoms with van der Waals surface area (Å²) in [4.78, 5) is 0. The summed E-state index contributed by atoms with van der Waals surface area (Å²) in [5.74, 6) is 2.13. The molecule has 0 aromatic carbocycles. The van der Waals surface area contributed by atoms with Gasteiger partial charge in [-0.05, 0) is 18.6 Å². The van der Waals surface area contributed by atoms with Crippen LogP contribution in [-0.4, -0.2) is 22.2 Å². The Bertz CT molecular complexity index is 130. The highest BCUT2D eigenvalue weighted by Gasteiger charge is 2.30. The van der Waals surface area contributed by atoms with Crippen LogP contribution in [0.4, 0.5) is 0 Å². The molecule has 0 amide bonds. The summed E-state index contributed by atoms with van der Waals surface area (Å²) >= 11 is 1.90.